The quantitative estimate of drug-likeness (QED) is 0.358. The van der Waals surface area contributed by atoms with Crippen LogP contribution in [0.3, 0.4) is 0 Å². The van der Waals surface area contributed by atoms with E-state index >= 15 is 0 Å². The molecular weight excluding hydrogens is 394 g/mol. The summed E-state index contributed by atoms with van der Waals surface area (Å²) in [6.07, 6.45) is 2.89. The fourth-order valence-electron chi connectivity index (χ4n) is 2.32. The van der Waals surface area contributed by atoms with Crippen LogP contribution in [-0.2, 0) is 0 Å². The molecule has 150 valence electrons. The molecule has 1 aromatic heterocycles. The number of rotatable bonds is 7. The van der Waals surface area contributed by atoms with Crippen molar-refractivity contribution in [3.8, 4) is 11.5 Å². The molecule has 0 unspecified atom stereocenters. The van der Waals surface area contributed by atoms with Gasteiger partial charge in [-0.05, 0) is 48.0 Å². The lowest BCUT2D eigenvalue weighted by atomic mass is 10.2. The van der Waals surface area contributed by atoms with Crippen molar-refractivity contribution in [2.45, 2.75) is 0 Å². The third-order valence-electron chi connectivity index (χ3n) is 3.74. The van der Waals surface area contributed by atoms with Crippen LogP contribution in [0.15, 0.2) is 72.0 Å². The number of hydrogen-bond acceptors (Lipinski definition) is 8. The number of carbonyl (C=O) groups is 1. The van der Waals surface area contributed by atoms with Crippen LogP contribution < -0.4 is 10.2 Å². The first-order valence-corrected chi connectivity index (χ1v) is 8.39. The van der Waals surface area contributed by atoms with Crippen LogP contribution in [0.25, 0.3) is 0 Å². The fraction of sp³-hybridized carbons (Fsp3) is 0. The molecule has 1 amide bonds. The molecule has 0 saturated heterocycles. The molecule has 0 fully saturated rings. The molecular formula is C19H13N5O6. The highest BCUT2D eigenvalue weighted by molar-refractivity contribution is 5.93. The van der Waals surface area contributed by atoms with Crippen molar-refractivity contribution < 1.29 is 19.4 Å². The highest BCUT2D eigenvalue weighted by Gasteiger charge is 2.21. The second-order valence-electron chi connectivity index (χ2n) is 5.75. The van der Waals surface area contributed by atoms with Gasteiger partial charge in [0.25, 0.3) is 11.6 Å². The Morgan fingerprint density at radius 3 is 2.43 bits per heavy atom. The maximum Gasteiger partial charge on any atom is 0.318 e. The van der Waals surface area contributed by atoms with Crippen LogP contribution >= 0.6 is 0 Å². The van der Waals surface area contributed by atoms with Gasteiger partial charge in [0.05, 0.1) is 22.1 Å². The monoisotopic (exact) mass is 407 g/mol. The Bertz CT molecular complexity index is 1120. The zero-order chi connectivity index (χ0) is 21.5. The Kier molecular flexibility index (Phi) is 6.03. The second kappa shape index (κ2) is 9.01. The number of hydrogen-bond donors (Lipinski definition) is 1. The first kappa shape index (κ1) is 20.1. The molecule has 0 radical (unpaired) electrons. The van der Waals surface area contributed by atoms with E-state index in [2.05, 4.69) is 15.5 Å². The van der Waals surface area contributed by atoms with E-state index in [0.717, 1.165) is 12.1 Å². The van der Waals surface area contributed by atoms with Gasteiger partial charge >= 0.3 is 5.69 Å². The lowest BCUT2D eigenvalue weighted by Gasteiger charge is -2.06. The number of ether oxygens (including phenoxy) is 1. The number of carbonyl (C=O) groups excluding carboxylic acids is 1. The van der Waals surface area contributed by atoms with Crippen LogP contribution in [0.2, 0.25) is 0 Å². The Morgan fingerprint density at radius 1 is 1.03 bits per heavy atom. The number of amides is 1. The third-order valence-corrected chi connectivity index (χ3v) is 3.74. The van der Waals surface area contributed by atoms with E-state index in [-0.39, 0.29) is 17.2 Å². The molecule has 30 heavy (non-hydrogen) atoms. The van der Waals surface area contributed by atoms with Crippen LogP contribution in [0.5, 0.6) is 11.5 Å². The summed E-state index contributed by atoms with van der Waals surface area (Å²) >= 11 is 0. The van der Waals surface area contributed by atoms with Gasteiger partial charge in [0.15, 0.2) is 0 Å². The molecule has 11 heteroatoms. The number of benzene rings is 2. The minimum Gasteiger partial charge on any atom is -0.450 e. The van der Waals surface area contributed by atoms with Crippen LogP contribution in [0.4, 0.5) is 11.4 Å². The molecule has 1 N–H and O–H groups in total. The van der Waals surface area contributed by atoms with Gasteiger partial charge in [-0.2, -0.15) is 5.10 Å². The number of nitrogens with zero attached hydrogens (tertiary/aromatic N) is 4. The first-order valence-electron chi connectivity index (χ1n) is 8.39. The number of nitro groups is 2. The second-order valence-corrected chi connectivity index (χ2v) is 5.75. The third kappa shape index (κ3) is 4.98. The molecule has 0 bridgehead atoms. The van der Waals surface area contributed by atoms with Crippen LogP contribution in [-0.4, -0.2) is 27.0 Å². The first-order chi connectivity index (χ1) is 14.4. The number of pyridine rings is 1. The van der Waals surface area contributed by atoms with Crippen molar-refractivity contribution in [1.82, 2.24) is 10.4 Å². The number of aromatic nitrogens is 1. The van der Waals surface area contributed by atoms with E-state index in [1.807, 2.05) is 0 Å². The minimum absolute atomic E-state index is 0.130. The molecule has 3 rings (SSSR count). The van der Waals surface area contributed by atoms with Gasteiger partial charge in [0, 0.05) is 12.3 Å². The van der Waals surface area contributed by atoms with Gasteiger partial charge < -0.3 is 4.74 Å². The summed E-state index contributed by atoms with van der Waals surface area (Å²) in [5.41, 5.74) is 2.26. The largest absolute Gasteiger partial charge is 0.450 e. The standard InChI is InChI=1S/C19H13N5O6/c25-19(16-3-1-2-10-20-16)22-21-12-13-4-7-15(8-5-13)30-18-9-6-14(23(26)27)11-17(18)24(28)29/h1-12H,(H,22,25)/b21-12+. The van der Waals surface area contributed by atoms with Gasteiger partial charge in [0.1, 0.15) is 11.4 Å². The topological polar surface area (TPSA) is 150 Å². The maximum atomic E-state index is 11.8. The molecule has 0 aliphatic rings. The summed E-state index contributed by atoms with van der Waals surface area (Å²) in [5, 5.41) is 25.8. The Hall–Kier alpha value is -4.67. The normalized spacial score (nSPS) is 10.5. The Labute approximate surface area is 168 Å². The minimum atomic E-state index is -0.756. The van der Waals surface area contributed by atoms with E-state index in [1.54, 1.807) is 30.3 Å². The molecule has 0 atom stereocenters. The average Bonchev–Trinajstić information content (AvgIpc) is 2.75. The van der Waals surface area contributed by atoms with Crippen molar-refractivity contribution >= 4 is 23.5 Å². The lowest BCUT2D eigenvalue weighted by molar-refractivity contribution is -0.394. The summed E-state index contributed by atoms with van der Waals surface area (Å²) in [6, 6.07) is 14.3. The molecule has 0 saturated carbocycles. The summed E-state index contributed by atoms with van der Waals surface area (Å²) < 4.78 is 5.47. The number of hydrazone groups is 1. The van der Waals surface area contributed by atoms with Gasteiger partial charge in [-0.3, -0.25) is 30.0 Å². The van der Waals surface area contributed by atoms with Crippen molar-refractivity contribution in [2.75, 3.05) is 0 Å². The number of nitrogens with one attached hydrogen (secondary N) is 1. The zero-order valence-corrected chi connectivity index (χ0v) is 15.2. The Morgan fingerprint density at radius 2 is 1.80 bits per heavy atom. The molecule has 2 aromatic carbocycles. The highest BCUT2D eigenvalue weighted by Crippen LogP contribution is 2.34. The fourth-order valence-corrected chi connectivity index (χ4v) is 2.32. The molecule has 1 heterocycles. The number of non-ortho nitro benzene ring substituents is 1. The smallest absolute Gasteiger partial charge is 0.318 e. The van der Waals surface area contributed by atoms with E-state index in [0.29, 0.717) is 5.56 Å². The molecule has 0 aliphatic carbocycles. The lowest BCUT2D eigenvalue weighted by Crippen LogP contribution is -2.18. The summed E-state index contributed by atoms with van der Waals surface area (Å²) in [7, 11) is 0. The molecule has 0 spiro atoms. The van der Waals surface area contributed by atoms with Crippen molar-refractivity contribution in [3.05, 3.63) is 98.3 Å². The van der Waals surface area contributed by atoms with Gasteiger partial charge in [-0.1, -0.05) is 6.07 Å². The maximum absolute atomic E-state index is 11.8. The van der Waals surface area contributed by atoms with Crippen LogP contribution in [0, 0.1) is 20.2 Å². The van der Waals surface area contributed by atoms with Crippen molar-refractivity contribution in [2.24, 2.45) is 5.10 Å². The predicted octanol–water partition coefficient (Wildman–Crippen LogP) is 3.45. The Balaban J connectivity index is 1.67. The van der Waals surface area contributed by atoms with Crippen molar-refractivity contribution in [3.63, 3.8) is 0 Å². The van der Waals surface area contributed by atoms with E-state index in [9.17, 15) is 25.0 Å². The number of nitro benzene ring substituents is 2. The van der Waals surface area contributed by atoms with Gasteiger partial charge in [-0.15, -0.1) is 0 Å². The average molecular weight is 407 g/mol. The van der Waals surface area contributed by atoms with Crippen molar-refractivity contribution in [1.29, 1.82) is 0 Å². The van der Waals surface area contributed by atoms with E-state index < -0.39 is 27.1 Å². The predicted molar refractivity (Wildman–Crippen MR) is 106 cm³/mol. The van der Waals surface area contributed by atoms with E-state index in [1.165, 1.54) is 30.6 Å². The molecule has 3 aromatic rings. The molecule has 11 nitrogen and oxygen atoms in total. The molecule has 0 aliphatic heterocycles. The van der Waals surface area contributed by atoms with Crippen LogP contribution in [0.1, 0.15) is 16.1 Å². The van der Waals surface area contributed by atoms with Gasteiger partial charge in [0.2, 0.25) is 5.75 Å². The zero-order valence-electron chi connectivity index (χ0n) is 15.2. The van der Waals surface area contributed by atoms with Gasteiger partial charge in [-0.25, -0.2) is 5.43 Å². The summed E-state index contributed by atoms with van der Waals surface area (Å²) in [5.74, 6) is -0.312. The van der Waals surface area contributed by atoms with E-state index in [4.69, 9.17) is 4.74 Å². The highest BCUT2D eigenvalue weighted by atomic mass is 16.6. The SMILES string of the molecule is O=C(N/N=C/c1ccc(Oc2ccc([N+](=O)[O-])cc2[N+](=O)[O-])cc1)c1ccccn1. The summed E-state index contributed by atoms with van der Waals surface area (Å²) in [6.45, 7) is 0. The summed E-state index contributed by atoms with van der Waals surface area (Å²) in [4.78, 5) is 36.2.